The zero-order chi connectivity index (χ0) is 19.8. The number of halogens is 9. The Hall–Kier alpha value is -1.94. The molecule has 0 aliphatic heterocycles. The normalized spacial score (nSPS) is 13.9. The first-order chi connectivity index (χ1) is 11.1. The molecule has 0 amide bonds. The first kappa shape index (κ1) is 21.1. The predicted octanol–water partition coefficient (Wildman–Crippen LogP) is 5.12. The van der Waals surface area contributed by atoms with Gasteiger partial charge in [0, 0.05) is 5.56 Å². The van der Waals surface area contributed by atoms with E-state index in [-0.39, 0.29) is 5.75 Å². The van der Waals surface area contributed by atoms with Crippen LogP contribution in [0.3, 0.4) is 0 Å². The number of Topliss-reactive ketones (excluding diaryl/α,β-unsaturated/α-hetero) is 1. The summed E-state index contributed by atoms with van der Waals surface area (Å²) in [7, 11) is 0. The highest BCUT2D eigenvalue weighted by molar-refractivity contribution is 6.02. The summed E-state index contributed by atoms with van der Waals surface area (Å²) in [6.45, 7) is 3.00. The van der Waals surface area contributed by atoms with E-state index in [4.69, 9.17) is 4.74 Å². The third kappa shape index (κ3) is 3.69. The Labute approximate surface area is 135 Å². The third-order valence-electron chi connectivity index (χ3n) is 2.90. The van der Waals surface area contributed by atoms with E-state index in [0.29, 0.717) is 12.1 Å². The summed E-state index contributed by atoms with van der Waals surface area (Å²) >= 11 is 0. The lowest BCUT2D eigenvalue weighted by Gasteiger charge is -2.32. The van der Waals surface area contributed by atoms with E-state index < -0.39 is 41.4 Å². The van der Waals surface area contributed by atoms with E-state index >= 15 is 0 Å². The van der Waals surface area contributed by atoms with Gasteiger partial charge in [-0.2, -0.15) is 39.5 Å². The molecule has 11 heteroatoms. The molecule has 0 atom stereocenters. The molecule has 0 saturated heterocycles. The van der Waals surface area contributed by atoms with Gasteiger partial charge in [-0.15, -0.1) is 0 Å². The molecule has 0 saturated carbocycles. The molecular weight excluding hydrogens is 371 g/mol. The number of benzene rings is 1. The highest BCUT2D eigenvalue weighted by Crippen LogP contribution is 2.53. The Kier molecular flexibility index (Phi) is 5.41. The number of carbonyl (C=O) groups excluding carboxylic acids is 1. The van der Waals surface area contributed by atoms with Gasteiger partial charge in [-0.1, -0.05) is 12.1 Å². The number of alkyl halides is 9. The average molecular weight is 382 g/mol. The number of ketones is 1. The third-order valence-corrected chi connectivity index (χ3v) is 2.90. The molecule has 0 spiro atoms. The van der Waals surface area contributed by atoms with Crippen molar-refractivity contribution in [1.29, 1.82) is 0 Å². The maximum Gasteiger partial charge on any atom is 0.460 e. The zero-order valence-electron chi connectivity index (χ0n) is 12.6. The fourth-order valence-corrected chi connectivity index (χ4v) is 1.68. The number of hydrogen-bond donors (Lipinski definition) is 0. The molecule has 0 aliphatic carbocycles. The van der Waals surface area contributed by atoms with E-state index in [9.17, 15) is 44.3 Å². The fourth-order valence-electron chi connectivity index (χ4n) is 1.68. The maximum absolute atomic E-state index is 13.6. The van der Waals surface area contributed by atoms with Crippen LogP contribution in [0.4, 0.5) is 39.5 Å². The maximum atomic E-state index is 13.6. The van der Waals surface area contributed by atoms with Crippen LogP contribution in [0.25, 0.3) is 0 Å². The minimum Gasteiger partial charge on any atom is -0.491 e. The number of hydrogen-bond acceptors (Lipinski definition) is 2. The molecule has 0 radical (unpaired) electrons. The number of ether oxygens (including phenoxy) is 1. The van der Waals surface area contributed by atoms with Crippen molar-refractivity contribution in [2.45, 2.75) is 43.9 Å². The summed E-state index contributed by atoms with van der Waals surface area (Å²) in [6.07, 6.45) is -7.50. The van der Waals surface area contributed by atoms with Crippen LogP contribution in [0.1, 0.15) is 24.2 Å². The van der Waals surface area contributed by atoms with Gasteiger partial charge in [0.1, 0.15) is 5.75 Å². The molecule has 0 unspecified atom stereocenters. The van der Waals surface area contributed by atoms with Crippen LogP contribution < -0.4 is 4.74 Å². The van der Waals surface area contributed by atoms with Crippen molar-refractivity contribution in [3.8, 4) is 5.75 Å². The van der Waals surface area contributed by atoms with E-state index in [1.54, 1.807) is 0 Å². The van der Waals surface area contributed by atoms with Gasteiger partial charge in [0.2, 0.25) is 5.78 Å². The second-order valence-corrected chi connectivity index (χ2v) is 5.24. The lowest BCUT2D eigenvalue weighted by Crippen LogP contribution is -2.63. The molecule has 1 rings (SSSR count). The fraction of sp³-hybridized carbons (Fsp3) is 0.500. The molecule has 1 aromatic rings. The number of carbonyl (C=O) groups is 1. The van der Waals surface area contributed by atoms with Crippen molar-refractivity contribution in [3.05, 3.63) is 29.8 Å². The molecule has 1 aromatic carbocycles. The monoisotopic (exact) mass is 382 g/mol. The van der Waals surface area contributed by atoms with Crippen molar-refractivity contribution in [2.75, 3.05) is 0 Å². The quantitative estimate of drug-likeness (QED) is 0.504. The van der Waals surface area contributed by atoms with Crippen molar-refractivity contribution in [3.63, 3.8) is 0 Å². The van der Waals surface area contributed by atoms with Gasteiger partial charge in [0.05, 0.1) is 6.10 Å². The van der Waals surface area contributed by atoms with Crippen LogP contribution in [0.15, 0.2) is 24.3 Å². The van der Waals surface area contributed by atoms with Crippen molar-refractivity contribution in [1.82, 2.24) is 0 Å². The topological polar surface area (TPSA) is 26.3 Å². The summed E-state index contributed by atoms with van der Waals surface area (Å²) in [5.74, 6) is -23.6. The highest BCUT2D eigenvalue weighted by atomic mass is 19.4. The summed E-state index contributed by atoms with van der Waals surface area (Å²) in [5, 5.41) is 0. The first-order valence-corrected chi connectivity index (χ1v) is 6.57. The van der Waals surface area contributed by atoms with Crippen LogP contribution in [0.5, 0.6) is 5.75 Å². The Morgan fingerprint density at radius 1 is 0.920 bits per heavy atom. The predicted molar refractivity (Wildman–Crippen MR) is 67.4 cm³/mol. The molecule has 0 aromatic heterocycles. The molecule has 0 N–H and O–H groups in total. The summed E-state index contributed by atoms with van der Waals surface area (Å²) in [6, 6.07) is 3.17. The average Bonchev–Trinajstić information content (AvgIpc) is 2.44. The molecule has 0 aliphatic rings. The Balaban J connectivity index is 3.31. The molecule has 25 heavy (non-hydrogen) atoms. The Morgan fingerprint density at radius 3 is 1.88 bits per heavy atom. The smallest absolute Gasteiger partial charge is 0.460 e. The molecule has 2 nitrogen and oxygen atoms in total. The van der Waals surface area contributed by atoms with Gasteiger partial charge >= 0.3 is 23.9 Å². The molecule has 0 fully saturated rings. The van der Waals surface area contributed by atoms with Crippen LogP contribution in [-0.2, 0) is 0 Å². The highest BCUT2D eigenvalue weighted by Gasteiger charge is 2.83. The molecule has 0 bridgehead atoms. The second-order valence-electron chi connectivity index (χ2n) is 5.24. The molecular formula is C14H11F9O2. The second kappa shape index (κ2) is 6.41. The Morgan fingerprint density at radius 2 is 1.44 bits per heavy atom. The summed E-state index contributed by atoms with van der Waals surface area (Å²) < 4.78 is 120. The minimum atomic E-state index is -7.12. The van der Waals surface area contributed by atoms with Crippen LogP contribution in [-0.4, -0.2) is 35.8 Å². The molecule has 142 valence electrons. The van der Waals surface area contributed by atoms with Crippen molar-refractivity contribution >= 4 is 5.78 Å². The SMILES string of the molecule is CC(C)Oc1cccc(C(=O)C(F)(F)C(F)(F)C(F)(F)C(F)(F)F)c1. The van der Waals surface area contributed by atoms with Crippen molar-refractivity contribution < 1.29 is 49.0 Å². The lowest BCUT2D eigenvalue weighted by molar-refractivity contribution is -0.386. The van der Waals surface area contributed by atoms with Crippen molar-refractivity contribution in [2.24, 2.45) is 0 Å². The summed E-state index contributed by atoms with van der Waals surface area (Å²) in [4.78, 5) is 11.5. The van der Waals surface area contributed by atoms with E-state index in [2.05, 4.69) is 0 Å². The van der Waals surface area contributed by atoms with E-state index in [1.165, 1.54) is 13.8 Å². The zero-order valence-corrected chi connectivity index (χ0v) is 12.6. The largest absolute Gasteiger partial charge is 0.491 e. The van der Waals surface area contributed by atoms with E-state index in [0.717, 1.165) is 12.1 Å². The van der Waals surface area contributed by atoms with Gasteiger partial charge in [0.15, 0.2) is 0 Å². The Bertz CT molecular complexity index is 635. The van der Waals surface area contributed by atoms with Gasteiger partial charge in [0.25, 0.3) is 0 Å². The standard InChI is InChI=1S/C14H11F9O2/c1-7(2)25-9-5-3-4-8(6-9)10(24)11(15,16)12(17,18)13(19,20)14(21,22)23/h3-7H,1-2H3. The molecule has 0 heterocycles. The number of rotatable bonds is 6. The van der Waals surface area contributed by atoms with E-state index in [1.807, 2.05) is 0 Å². The van der Waals surface area contributed by atoms with Crippen LogP contribution in [0, 0.1) is 0 Å². The van der Waals surface area contributed by atoms with Gasteiger partial charge in [-0.05, 0) is 26.0 Å². The van der Waals surface area contributed by atoms with Gasteiger partial charge in [-0.25, -0.2) is 0 Å². The van der Waals surface area contributed by atoms with Gasteiger partial charge < -0.3 is 4.74 Å². The first-order valence-electron chi connectivity index (χ1n) is 6.57. The summed E-state index contributed by atoms with van der Waals surface area (Å²) in [5.41, 5.74) is -1.21. The minimum absolute atomic E-state index is 0.234. The van der Waals surface area contributed by atoms with Gasteiger partial charge in [-0.3, -0.25) is 4.79 Å². The lowest BCUT2D eigenvalue weighted by atomic mass is 9.95. The van der Waals surface area contributed by atoms with Crippen LogP contribution >= 0.6 is 0 Å². The van der Waals surface area contributed by atoms with Crippen LogP contribution in [0.2, 0.25) is 0 Å².